The van der Waals surface area contributed by atoms with Gasteiger partial charge < -0.3 is 11.1 Å². The summed E-state index contributed by atoms with van der Waals surface area (Å²) in [4.78, 5) is 12.9. The van der Waals surface area contributed by atoms with Gasteiger partial charge in [-0.05, 0) is 49.6 Å². The van der Waals surface area contributed by atoms with Crippen molar-refractivity contribution < 1.29 is 4.79 Å². The zero-order valence-corrected chi connectivity index (χ0v) is 15.3. The molecule has 0 saturated heterocycles. The molecule has 0 spiro atoms. The van der Waals surface area contributed by atoms with Gasteiger partial charge in [-0.1, -0.05) is 22.9 Å². The highest BCUT2D eigenvalue weighted by atomic mass is 79.9. The average Bonchev–Trinajstić information content (AvgIpc) is 2.38. The van der Waals surface area contributed by atoms with Crippen LogP contribution in [0.5, 0.6) is 0 Å². The van der Waals surface area contributed by atoms with E-state index in [-0.39, 0.29) is 18.3 Å². The van der Waals surface area contributed by atoms with Gasteiger partial charge in [0.15, 0.2) is 0 Å². The predicted octanol–water partition coefficient (Wildman–Crippen LogP) is 3.29. The van der Waals surface area contributed by atoms with Gasteiger partial charge in [-0.3, -0.25) is 4.79 Å². The molecule has 0 aromatic heterocycles. The van der Waals surface area contributed by atoms with E-state index in [0.29, 0.717) is 24.8 Å². The third kappa shape index (κ3) is 6.48. The van der Waals surface area contributed by atoms with Crippen molar-refractivity contribution in [3.05, 3.63) is 27.7 Å². The first-order valence-corrected chi connectivity index (χ1v) is 8.08. The number of nitrogens with one attached hydrogen (secondary N) is 1. The number of carbonyl (C=O) groups is 1. The molecule has 3 N–H and O–H groups in total. The molecule has 1 aromatic carbocycles. The average molecular weight is 382 g/mol. The van der Waals surface area contributed by atoms with E-state index in [2.05, 4.69) is 47.2 Å². The highest BCUT2D eigenvalue weighted by Gasteiger charge is 2.08. The molecule has 0 aliphatic heterocycles. The molecule has 1 amide bonds. The molecule has 1 aromatic rings. The molecule has 3 nitrogen and oxygen atoms in total. The highest BCUT2D eigenvalue weighted by Crippen LogP contribution is 2.28. The third-order valence-corrected chi connectivity index (χ3v) is 4.88. The number of aryl methyl sites for hydroxylation is 2. The normalized spacial score (nSPS) is 11.7. The number of halogens is 2. The van der Waals surface area contributed by atoms with Crippen LogP contribution >= 0.6 is 40.1 Å². The minimum atomic E-state index is 0. The van der Waals surface area contributed by atoms with Crippen LogP contribution < -0.4 is 11.1 Å². The van der Waals surface area contributed by atoms with Crippen molar-refractivity contribution in [1.82, 2.24) is 5.32 Å². The smallest absolute Gasteiger partial charge is 0.230 e. The second kappa shape index (κ2) is 9.66. The Hall–Kier alpha value is -0.230. The number of carbonyl (C=O) groups excluding carboxylic acids is 1. The van der Waals surface area contributed by atoms with Crippen molar-refractivity contribution in [2.24, 2.45) is 11.7 Å². The molecule has 1 atom stereocenters. The quantitative estimate of drug-likeness (QED) is 0.743. The fraction of sp³-hybridized carbons (Fsp3) is 0.500. The van der Waals surface area contributed by atoms with Crippen molar-refractivity contribution in [3.63, 3.8) is 0 Å². The maximum absolute atomic E-state index is 11.7. The summed E-state index contributed by atoms with van der Waals surface area (Å²) in [5, 5.41) is 2.90. The van der Waals surface area contributed by atoms with Gasteiger partial charge in [0.05, 0.1) is 5.75 Å². The third-order valence-electron chi connectivity index (χ3n) is 2.87. The van der Waals surface area contributed by atoms with E-state index in [9.17, 15) is 4.79 Å². The van der Waals surface area contributed by atoms with Crippen LogP contribution in [-0.2, 0) is 4.79 Å². The molecule has 0 aliphatic carbocycles. The number of hydrogen-bond donors (Lipinski definition) is 2. The van der Waals surface area contributed by atoms with Crippen LogP contribution in [0.15, 0.2) is 21.5 Å². The molecule has 0 aliphatic rings. The Kier molecular flexibility index (Phi) is 9.55. The van der Waals surface area contributed by atoms with Gasteiger partial charge in [0.1, 0.15) is 0 Å². The Morgan fingerprint density at radius 3 is 2.65 bits per heavy atom. The molecule has 0 radical (unpaired) electrons. The topological polar surface area (TPSA) is 55.1 Å². The molecule has 6 heteroatoms. The van der Waals surface area contributed by atoms with E-state index >= 15 is 0 Å². The van der Waals surface area contributed by atoms with Gasteiger partial charge in [-0.25, -0.2) is 0 Å². The maximum Gasteiger partial charge on any atom is 0.230 e. The van der Waals surface area contributed by atoms with Crippen LogP contribution in [0.4, 0.5) is 0 Å². The standard InChI is InChI=1S/C14H21BrN2OS.ClH/c1-9(6-16)7-17-14(18)8-19-13-5-10(2)12(15)4-11(13)3;/h4-5,9H,6-8,16H2,1-3H3,(H,17,18);1H. The van der Waals surface area contributed by atoms with E-state index < -0.39 is 0 Å². The molecular weight excluding hydrogens is 360 g/mol. The molecule has 20 heavy (non-hydrogen) atoms. The number of rotatable bonds is 6. The monoisotopic (exact) mass is 380 g/mol. The van der Waals surface area contributed by atoms with Crippen molar-refractivity contribution in [2.75, 3.05) is 18.8 Å². The fourth-order valence-corrected chi connectivity index (χ4v) is 2.87. The minimum Gasteiger partial charge on any atom is -0.355 e. The van der Waals surface area contributed by atoms with E-state index in [1.54, 1.807) is 11.8 Å². The van der Waals surface area contributed by atoms with Gasteiger partial charge >= 0.3 is 0 Å². The van der Waals surface area contributed by atoms with E-state index in [1.807, 2.05) is 6.92 Å². The van der Waals surface area contributed by atoms with Crippen LogP contribution in [0.1, 0.15) is 18.1 Å². The van der Waals surface area contributed by atoms with E-state index in [4.69, 9.17) is 5.73 Å². The van der Waals surface area contributed by atoms with Crippen molar-refractivity contribution in [3.8, 4) is 0 Å². The molecule has 0 fully saturated rings. The summed E-state index contributed by atoms with van der Waals surface area (Å²) in [6, 6.07) is 4.20. The molecule has 0 heterocycles. The first-order chi connectivity index (χ1) is 8.93. The summed E-state index contributed by atoms with van der Waals surface area (Å²) >= 11 is 5.08. The first kappa shape index (κ1) is 19.8. The maximum atomic E-state index is 11.7. The molecule has 114 valence electrons. The lowest BCUT2D eigenvalue weighted by Gasteiger charge is -2.11. The Morgan fingerprint density at radius 1 is 1.40 bits per heavy atom. The highest BCUT2D eigenvalue weighted by molar-refractivity contribution is 9.10. The second-order valence-corrected chi connectivity index (χ2v) is 6.67. The summed E-state index contributed by atoms with van der Waals surface area (Å²) in [6.45, 7) is 7.37. The number of amides is 1. The SMILES string of the molecule is Cc1cc(SCC(=O)NCC(C)CN)c(C)cc1Br.Cl. The lowest BCUT2D eigenvalue weighted by atomic mass is 10.2. The predicted molar refractivity (Wildman–Crippen MR) is 92.8 cm³/mol. The van der Waals surface area contributed by atoms with Crippen LogP contribution in [0.2, 0.25) is 0 Å². The molecule has 1 unspecified atom stereocenters. The first-order valence-electron chi connectivity index (χ1n) is 6.30. The van der Waals surface area contributed by atoms with Gasteiger partial charge in [0.25, 0.3) is 0 Å². The number of hydrogen-bond acceptors (Lipinski definition) is 3. The van der Waals surface area contributed by atoms with Crippen molar-refractivity contribution >= 4 is 46.0 Å². The van der Waals surface area contributed by atoms with Crippen LogP contribution in [0.25, 0.3) is 0 Å². The largest absolute Gasteiger partial charge is 0.355 e. The van der Waals surface area contributed by atoms with Crippen LogP contribution in [0, 0.1) is 19.8 Å². The van der Waals surface area contributed by atoms with Gasteiger partial charge in [-0.2, -0.15) is 0 Å². The molecule has 0 saturated carbocycles. The lowest BCUT2D eigenvalue weighted by molar-refractivity contribution is -0.118. The van der Waals surface area contributed by atoms with Gasteiger partial charge in [-0.15, -0.1) is 24.2 Å². The van der Waals surface area contributed by atoms with Crippen LogP contribution in [-0.4, -0.2) is 24.7 Å². The molecule has 0 bridgehead atoms. The second-order valence-electron chi connectivity index (χ2n) is 4.80. The Bertz CT molecular complexity index is 457. The van der Waals surface area contributed by atoms with Crippen LogP contribution in [0.3, 0.4) is 0 Å². The summed E-state index contributed by atoms with van der Waals surface area (Å²) in [6.07, 6.45) is 0. The summed E-state index contributed by atoms with van der Waals surface area (Å²) in [5.41, 5.74) is 7.88. The van der Waals surface area contributed by atoms with Crippen molar-refractivity contribution in [2.45, 2.75) is 25.7 Å². The van der Waals surface area contributed by atoms with Gasteiger partial charge in [0, 0.05) is 15.9 Å². The fourth-order valence-electron chi connectivity index (χ4n) is 1.48. The van der Waals surface area contributed by atoms with E-state index in [0.717, 1.165) is 9.37 Å². The Morgan fingerprint density at radius 2 is 2.05 bits per heavy atom. The number of nitrogens with two attached hydrogens (primary N) is 1. The summed E-state index contributed by atoms with van der Waals surface area (Å²) < 4.78 is 1.11. The lowest BCUT2D eigenvalue weighted by Crippen LogP contribution is -2.32. The summed E-state index contributed by atoms with van der Waals surface area (Å²) in [7, 11) is 0. The Balaban J connectivity index is 0.00000361. The zero-order valence-electron chi connectivity index (χ0n) is 12.0. The Labute approximate surface area is 140 Å². The van der Waals surface area contributed by atoms with E-state index in [1.165, 1.54) is 11.1 Å². The molecular formula is C14H22BrClN2OS. The zero-order chi connectivity index (χ0) is 14.4. The van der Waals surface area contributed by atoms with Crippen molar-refractivity contribution in [1.29, 1.82) is 0 Å². The number of benzene rings is 1. The van der Waals surface area contributed by atoms with Gasteiger partial charge in [0.2, 0.25) is 5.91 Å². The minimum absolute atomic E-state index is 0. The molecule has 1 rings (SSSR count). The number of thioether (sulfide) groups is 1. The summed E-state index contributed by atoms with van der Waals surface area (Å²) in [5.74, 6) is 0.829.